The van der Waals surface area contributed by atoms with E-state index in [-0.39, 0.29) is 27.8 Å². The third-order valence-corrected chi connectivity index (χ3v) is 8.75. The standard InChI is InChI=1S/C17H28O3S2/c1-11-5-6-14(12(2)16(19)20-4)15(18)13(11)7-8-17(3)21-9-10-22-17/h11-14H,5-10H2,1-4H3/t11-,12?,13+,14?/m1/s1. The van der Waals surface area contributed by atoms with Gasteiger partial charge in [-0.25, -0.2) is 0 Å². The molecular weight excluding hydrogens is 316 g/mol. The third kappa shape index (κ3) is 4.02. The number of hydrogen-bond acceptors (Lipinski definition) is 5. The first kappa shape index (κ1) is 18.2. The summed E-state index contributed by atoms with van der Waals surface area (Å²) in [5.74, 6) is 2.59. The maximum absolute atomic E-state index is 12.9. The highest BCUT2D eigenvalue weighted by atomic mass is 32.2. The van der Waals surface area contributed by atoms with Crippen molar-refractivity contribution < 1.29 is 14.3 Å². The molecule has 2 fully saturated rings. The molecule has 0 radical (unpaired) electrons. The van der Waals surface area contributed by atoms with Crippen LogP contribution < -0.4 is 0 Å². The number of ether oxygens (including phenoxy) is 1. The van der Waals surface area contributed by atoms with Crippen LogP contribution in [0, 0.1) is 23.7 Å². The minimum atomic E-state index is -0.307. The fourth-order valence-electron chi connectivity index (χ4n) is 3.73. The molecule has 0 aromatic carbocycles. The number of carbonyl (C=O) groups excluding carboxylic acids is 2. The first-order chi connectivity index (χ1) is 10.4. The summed E-state index contributed by atoms with van der Waals surface area (Å²) in [6, 6.07) is 0. The Kier molecular flexibility index (Phi) is 6.29. The molecule has 1 heterocycles. The summed E-state index contributed by atoms with van der Waals surface area (Å²) in [5.41, 5.74) is 0. The van der Waals surface area contributed by atoms with Gasteiger partial charge in [0.1, 0.15) is 5.78 Å². The molecule has 0 spiro atoms. The first-order valence-corrected chi connectivity index (χ1v) is 10.2. The van der Waals surface area contributed by atoms with E-state index in [0.717, 1.165) is 25.7 Å². The molecule has 2 unspecified atom stereocenters. The van der Waals surface area contributed by atoms with Crippen LogP contribution in [0.4, 0.5) is 0 Å². The molecule has 0 N–H and O–H groups in total. The first-order valence-electron chi connectivity index (χ1n) is 8.27. The van der Waals surface area contributed by atoms with Crippen LogP contribution in [0.25, 0.3) is 0 Å². The van der Waals surface area contributed by atoms with Gasteiger partial charge in [-0.1, -0.05) is 13.8 Å². The van der Waals surface area contributed by atoms with Gasteiger partial charge in [0, 0.05) is 23.3 Å². The smallest absolute Gasteiger partial charge is 0.309 e. The second kappa shape index (κ2) is 7.61. The fourth-order valence-corrected chi connectivity index (χ4v) is 6.62. The van der Waals surface area contributed by atoms with Gasteiger partial charge in [0.2, 0.25) is 0 Å². The highest BCUT2D eigenvalue weighted by Gasteiger charge is 2.42. The summed E-state index contributed by atoms with van der Waals surface area (Å²) in [5, 5.41) is 0. The van der Waals surface area contributed by atoms with E-state index in [2.05, 4.69) is 13.8 Å². The van der Waals surface area contributed by atoms with Crippen molar-refractivity contribution in [3.63, 3.8) is 0 Å². The van der Waals surface area contributed by atoms with Gasteiger partial charge in [0.05, 0.1) is 17.1 Å². The summed E-state index contributed by atoms with van der Waals surface area (Å²) < 4.78 is 5.11. The molecule has 22 heavy (non-hydrogen) atoms. The zero-order valence-corrected chi connectivity index (χ0v) is 15.7. The molecule has 3 nitrogen and oxygen atoms in total. The number of methoxy groups -OCH3 is 1. The molecule has 4 atom stereocenters. The minimum absolute atomic E-state index is 0.115. The molecule has 0 bridgehead atoms. The molecule has 2 aliphatic rings. The summed E-state index contributed by atoms with van der Waals surface area (Å²) in [6.07, 6.45) is 3.91. The average molecular weight is 345 g/mol. The van der Waals surface area contributed by atoms with Crippen molar-refractivity contribution in [1.82, 2.24) is 0 Å². The minimum Gasteiger partial charge on any atom is -0.469 e. The van der Waals surface area contributed by atoms with Gasteiger partial charge >= 0.3 is 5.97 Å². The van der Waals surface area contributed by atoms with Gasteiger partial charge in [-0.3, -0.25) is 9.59 Å². The van der Waals surface area contributed by atoms with Gasteiger partial charge in [0.25, 0.3) is 0 Å². The van der Waals surface area contributed by atoms with Gasteiger partial charge in [-0.2, -0.15) is 0 Å². The molecule has 0 aromatic rings. The van der Waals surface area contributed by atoms with E-state index in [4.69, 9.17) is 4.74 Å². The fraction of sp³-hybridized carbons (Fsp3) is 0.882. The lowest BCUT2D eigenvalue weighted by molar-refractivity contribution is -0.151. The Bertz CT molecular complexity index is 418. The molecule has 126 valence electrons. The van der Waals surface area contributed by atoms with Gasteiger partial charge in [0.15, 0.2) is 0 Å². The maximum atomic E-state index is 12.9. The normalized spacial score (nSPS) is 32.7. The van der Waals surface area contributed by atoms with Crippen molar-refractivity contribution in [2.24, 2.45) is 23.7 Å². The van der Waals surface area contributed by atoms with Crippen molar-refractivity contribution in [2.75, 3.05) is 18.6 Å². The van der Waals surface area contributed by atoms with Crippen molar-refractivity contribution >= 4 is 35.3 Å². The SMILES string of the molecule is COC(=O)C(C)C1CC[C@@H](C)[C@H](CCC2(C)SCCS2)C1=O. The van der Waals surface area contributed by atoms with E-state index in [9.17, 15) is 9.59 Å². The number of Topliss-reactive ketones (excluding diaryl/α,β-unsaturated/α-hetero) is 1. The summed E-state index contributed by atoms with van der Waals surface area (Å²) in [7, 11) is 1.40. The molecule has 5 heteroatoms. The second-order valence-electron chi connectivity index (χ2n) is 6.85. The topological polar surface area (TPSA) is 43.4 Å². The van der Waals surface area contributed by atoms with Crippen molar-refractivity contribution in [3.05, 3.63) is 0 Å². The molecule has 1 aliphatic heterocycles. The predicted octanol–water partition coefficient (Wildman–Crippen LogP) is 4.00. The Balaban J connectivity index is 1.99. The Labute approximate surface area is 142 Å². The monoisotopic (exact) mass is 344 g/mol. The van der Waals surface area contributed by atoms with Crippen LogP contribution >= 0.6 is 23.5 Å². The highest BCUT2D eigenvalue weighted by molar-refractivity contribution is 8.21. The molecule has 1 saturated heterocycles. The van der Waals surface area contributed by atoms with E-state index in [1.54, 1.807) is 0 Å². The lowest BCUT2D eigenvalue weighted by atomic mass is 9.68. The zero-order chi connectivity index (χ0) is 16.3. The Morgan fingerprint density at radius 1 is 1.36 bits per heavy atom. The maximum Gasteiger partial charge on any atom is 0.309 e. The summed E-state index contributed by atoms with van der Waals surface area (Å²) in [4.78, 5) is 24.7. The molecular formula is C17H28O3S2. The molecule has 2 rings (SSSR count). The number of esters is 1. The Morgan fingerprint density at radius 3 is 2.59 bits per heavy atom. The molecule has 1 saturated carbocycles. The lowest BCUT2D eigenvalue weighted by Gasteiger charge is -2.36. The third-order valence-electron chi connectivity index (χ3n) is 5.33. The Hall–Kier alpha value is -0.160. The summed E-state index contributed by atoms with van der Waals surface area (Å²) in [6.45, 7) is 6.34. The second-order valence-corrected chi connectivity index (χ2v) is 10.3. The van der Waals surface area contributed by atoms with Crippen LogP contribution in [-0.2, 0) is 14.3 Å². The quantitative estimate of drug-likeness (QED) is 0.705. The number of carbonyl (C=O) groups is 2. The Morgan fingerprint density at radius 2 is 2.00 bits per heavy atom. The number of thioether (sulfide) groups is 2. The van der Waals surface area contributed by atoms with Crippen LogP contribution in [-0.4, -0.2) is 34.4 Å². The number of rotatable bonds is 5. The summed E-state index contributed by atoms with van der Waals surface area (Å²) >= 11 is 4.06. The van der Waals surface area contributed by atoms with Gasteiger partial charge in [-0.15, -0.1) is 23.5 Å². The molecule has 0 amide bonds. The van der Waals surface area contributed by atoms with E-state index in [0.29, 0.717) is 11.7 Å². The lowest BCUT2D eigenvalue weighted by Crippen LogP contribution is -2.40. The van der Waals surface area contributed by atoms with Gasteiger partial charge in [-0.05, 0) is 38.5 Å². The highest BCUT2D eigenvalue weighted by Crippen LogP contribution is 2.48. The van der Waals surface area contributed by atoms with E-state index >= 15 is 0 Å². The van der Waals surface area contributed by atoms with Gasteiger partial charge < -0.3 is 4.74 Å². The van der Waals surface area contributed by atoms with Crippen LogP contribution in [0.15, 0.2) is 0 Å². The number of ketones is 1. The zero-order valence-electron chi connectivity index (χ0n) is 14.1. The van der Waals surface area contributed by atoms with Crippen molar-refractivity contribution in [3.8, 4) is 0 Å². The van der Waals surface area contributed by atoms with Crippen LogP contribution in [0.5, 0.6) is 0 Å². The molecule has 0 aromatic heterocycles. The van der Waals surface area contributed by atoms with Crippen LogP contribution in [0.1, 0.15) is 46.5 Å². The van der Waals surface area contributed by atoms with E-state index in [1.807, 2.05) is 30.4 Å². The van der Waals surface area contributed by atoms with E-state index in [1.165, 1.54) is 18.6 Å². The number of hydrogen-bond donors (Lipinski definition) is 0. The molecule has 1 aliphatic carbocycles. The van der Waals surface area contributed by atoms with Crippen molar-refractivity contribution in [1.29, 1.82) is 0 Å². The van der Waals surface area contributed by atoms with Crippen LogP contribution in [0.2, 0.25) is 0 Å². The van der Waals surface area contributed by atoms with Crippen molar-refractivity contribution in [2.45, 2.75) is 50.5 Å². The van der Waals surface area contributed by atoms with Crippen LogP contribution in [0.3, 0.4) is 0 Å². The average Bonchev–Trinajstić information content (AvgIpc) is 2.92. The largest absolute Gasteiger partial charge is 0.469 e. The van der Waals surface area contributed by atoms with E-state index < -0.39 is 0 Å². The predicted molar refractivity (Wildman–Crippen MR) is 94.1 cm³/mol.